The number of hydrogen-bond acceptors (Lipinski definition) is 3. The number of esters is 1. The normalized spacial score (nSPS) is 10.1. The third-order valence-electron chi connectivity index (χ3n) is 2.75. The molecule has 20 heavy (non-hydrogen) atoms. The lowest BCUT2D eigenvalue weighted by molar-refractivity contribution is 0.0474. The number of Topliss-reactive ketones (excluding diaryl/α,β-unsaturated/α-hetero) is 1. The van der Waals surface area contributed by atoms with Crippen molar-refractivity contribution in [3.63, 3.8) is 0 Å². The van der Waals surface area contributed by atoms with E-state index in [-0.39, 0.29) is 12.4 Å². The minimum Gasteiger partial charge on any atom is -0.454 e. The van der Waals surface area contributed by atoms with E-state index in [2.05, 4.69) is 22.6 Å². The van der Waals surface area contributed by atoms with Gasteiger partial charge in [-0.3, -0.25) is 4.79 Å². The highest BCUT2D eigenvalue weighted by atomic mass is 127. The second-order valence-corrected chi connectivity index (χ2v) is 5.62. The molecular weight excluding hydrogens is 367 g/mol. The van der Waals surface area contributed by atoms with Gasteiger partial charge < -0.3 is 4.74 Å². The first-order chi connectivity index (χ1) is 9.56. The largest absolute Gasteiger partial charge is 0.454 e. The summed E-state index contributed by atoms with van der Waals surface area (Å²) in [7, 11) is 0. The fraction of sp³-hybridized carbons (Fsp3) is 0.125. The van der Waals surface area contributed by atoms with Gasteiger partial charge in [-0.15, -0.1) is 0 Å². The Hall–Kier alpha value is -1.69. The van der Waals surface area contributed by atoms with E-state index in [1.165, 1.54) is 0 Å². The summed E-state index contributed by atoms with van der Waals surface area (Å²) in [5, 5.41) is 0. The molecule has 0 N–H and O–H groups in total. The first-order valence-electron chi connectivity index (χ1n) is 6.09. The molecule has 0 spiro atoms. The molecule has 3 nitrogen and oxygen atoms in total. The van der Waals surface area contributed by atoms with Crippen LogP contribution in [0.25, 0.3) is 0 Å². The predicted octanol–water partition coefficient (Wildman–Crippen LogP) is 3.64. The average Bonchev–Trinajstić information content (AvgIpc) is 2.45. The fourth-order valence-corrected chi connectivity index (χ4v) is 2.07. The van der Waals surface area contributed by atoms with Gasteiger partial charge in [0.15, 0.2) is 12.4 Å². The molecule has 0 aliphatic heterocycles. The van der Waals surface area contributed by atoms with Crippen LogP contribution < -0.4 is 0 Å². The fourth-order valence-electron chi connectivity index (χ4n) is 1.71. The second kappa shape index (κ2) is 6.65. The number of halogens is 1. The zero-order valence-electron chi connectivity index (χ0n) is 10.9. The van der Waals surface area contributed by atoms with Gasteiger partial charge in [0.05, 0.1) is 5.56 Å². The number of aryl methyl sites for hydroxylation is 1. The van der Waals surface area contributed by atoms with E-state index in [1.54, 1.807) is 30.3 Å². The smallest absolute Gasteiger partial charge is 0.338 e. The average molecular weight is 380 g/mol. The molecule has 0 radical (unpaired) electrons. The first kappa shape index (κ1) is 14.7. The molecule has 0 unspecified atom stereocenters. The van der Waals surface area contributed by atoms with Gasteiger partial charge in [-0.25, -0.2) is 4.79 Å². The number of rotatable bonds is 4. The monoisotopic (exact) mass is 380 g/mol. The zero-order chi connectivity index (χ0) is 14.5. The molecule has 0 bridgehead atoms. The third kappa shape index (κ3) is 3.90. The van der Waals surface area contributed by atoms with Crippen molar-refractivity contribution in [2.45, 2.75) is 6.92 Å². The summed E-state index contributed by atoms with van der Waals surface area (Å²) >= 11 is 2.17. The Morgan fingerprint density at radius 2 is 1.75 bits per heavy atom. The summed E-state index contributed by atoms with van der Waals surface area (Å²) in [6.07, 6.45) is 0. The molecule has 4 heteroatoms. The highest BCUT2D eigenvalue weighted by Gasteiger charge is 2.11. The molecule has 0 aliphatic carbocycles. The molecule has 2 rings (SSSR count). The topological polar surface area (TPSA) is 43.4 Å². The van der Waals surface area contributed by atoms with E-state index in [1.807, 2.05) is 25.1 Å². The van der Waals surface area contributed by atoms with E-state index >= 15 is 0 Å². The number of ketones is 1. The molecule has 0 saturated heterocycles. The van der Waals surface area contributed by atoms with Crippen molar-refractivity contribution in [1.82, 2.24) is 0 Å². The van der Waals surface area contributed by atoms with Crippen LogP contribution in [0.4, 0.5) is 0 Å². The Bertz CT molecular complexity index is 632. The van der Waals surface area contributed by atoms with Crippen molar-refractivity contribution in [2.24, 2.45) is 0 Å². The molecule has 102 valence electrons. The van der Waals surface area contributed by atoms with Crippen molar-refractivity contribution in [1.29, 1.82) is 0 Å². The van der Waals surface area contributed by atoms with Crippen molar-refractivity contribution in [3.8, 4) is 0 Å². The summed E-state index contributed by atoms with van der Waals surface area (Å²) in [4.78, 5) is 23.7. The van der Waals surface area contributed by atoms with Crippen LogP contribution in [0.3, 0.4) is 0 Å². The molecule has 2 aromatic carbocycles. The van der Waals surface area contributed by atoms with Gasteiger partial charge >= 0.3 is 5.97 Å². The molecule has 0 atom stereocenters. The van der Waals surface area contributed by atoms with Crippen LogP contribution in [0.15, 0.2) is 48.5 Å². The maximum absolute atomic E-state index is 11.9. The highest BCUT2D eigenvalue weighted by Crippen LogP contribution is 2.09. The maximum atomic E-state index is 11.9. The third-order valence-corrected chi connectivity index (χ3v) is 3.47. The molecule has 0 aliphatic rings. The number of ether oxygens (including phenoxy) is 1. The summed E-state index contributed by atoms with van der Waals surface area (Å²) in [6, 6.07) is 14.2. The van der Waals surface area contributed by atoms with Crippen molar-refractivity contribution in [3.05, 3.63) is 68.8 Å². The number of benzene rings is 2. The van der Waals surface area contributed by atoms with Crippen LogP contribution in [-0.4, -0.2) is 18.4 Å². The molecule has 0 aromatic heterocycles. The van der Waals surface area contributed by atoms with E-state index in [9.17, 15) is 9.59 Å². The zero-order valence-corrected chi connectivity index (χ0v) is 13.1. The van der Waals surface area contributed by atoms with E-state index in [0.717, 1.165) is 9.13 Å². The Morgan fingerprint density at radius 1 is 1.05 bits per heavy atom. The summed E-state index contributed by atoms with van der Waals surface area (Å²) in [5.41, 5.74) is 1.98. The molecule has 0 heterocycles. The second-order valence-electron chi connectivity index (χ2n) is 4.38. The lowest BCUT2D eigenvalue weighted by Gasteiger charge is -2.05. The Kier molecular flexibility index (Phi) is 4.89. The molecular formula is C16H13IO3. The van der Waals surface area contributed by atoms with Gasteiger partial charge in [-0.1, -0.05) is 29.8 Å². The van der Waals surface area contributed by atoms with E-state index in [4.69, 9.17) is 4.74 Å². The number of carbonyl (C=O) groups excluding carboxylic acids is 2. The maximum Gasteiger partial charge on any atom is 0.338 e. The molecule has 0 fully saturated rings. The van der Waals surface area contributed by atoms with Gasteiger partial charge in [0.25, 0.3) is 0 Å². The van der Waals surface area contributed by atoms with Crippen LogP contribution in [0.1, 0.15) is 26.3 Å². The van der Waals surface area contributed by atoms with Crippen molar-refractivity contribution < 1.29 is 14.3 Å². The molecule has 0 saturated carbocycles. The summed E-state index contributed by atoms with van der Waals surface area (Å²) in [6.45, 7) is 1.65. The standard InChI is InChI=1S/C16H13IO3/c1-11-3-2-4-13(9-11)16(19)20-10-15(18)12-5-7-14(17)8-6-12/h2-9H,10H2,1H3. The van der Waals surface area contributed by atoms with Crippen molar-refractivity contribution in [2.75, 3.05) is 6.61 Å². The highest BCUT2D eigenvalue weighted by molar-refractivity contribution is 14.1. The van der Waals surface area contributed by atoms with Crippen molar-refractivity contribution >= 4 is 34.3 Å². The van der Waals surface area contributed by atoms with Crippen LogP contribution in [0.2, 0.25) is 0 Å². The quantitative estimate of drug-likeness (QED) is 0.462. The lowest BCUT2D eigenvalue weighted by atomic mass is 10.1. The summed E-state index contributed by atoms with van der Waals surface area (Å²) < 4.78 is 6.09. The number of hydrogen-bond donors (Lipinski definition) is 0. The van der Waals surface area contributed by atoms with Gasteiger partial charge in [0, 0.05) is 9.13 Å². The van der Waals surface area contributed by atoms with Gasteiger partial charge in [-0.05, 0) is 53.8 Å². The number of carbonyl (C=O) groups is 2. The van der Waals surface area contributed by atoms with Gasteiger partial charge in [-0.2, -0.15) is 0 Å². The van der Waals surface area contributed by atoms with Gasteiger partial charge in [0.2, 0.25) is 0 Å². The van der Waals surface area contributed by atoms with Crippen LogP contribution in [0.5, 0.6) is 0 Å². The summed E-state index contributed by atoms with van der Waals surface area (Å²) in [5.74, 6) is -0.685. The minimum atomic E-state index is -0.479. The van der Waals surface area contributed by atoms with Gasteiger partial charge in [0.1, 0.15) is 0 Å². The van der Waals surface area contributed by atoms with Crippen LogP contribution >= 0.6 is 22.6 Å². The lowest BCUT2D eigenvalue weighted by Crippen LogP contribution is -2.14. The minimum absolute atomic E-state index is 0.206. The SMILES string of the molecule is Cc1cccc(C(=O)OCC(=O)c2ccc(I)cc2)c1. The first-order valence-corrected chi connectivity index (χ1v) is 7.17. The van der Waals surface area contributed by atoms with Crippen LogP contribution in [0, 0.1) is 10.5 Å². The Morgan fingerprint density at radius 3 is 2.40 bits per heavy atom. The molecule has 2 aromatic rings. The predicted molar refractivity (Wildman–Crippen MR) is 85.0 cm³/mol. The molecule has 0 amide bonds. The Balaban J connectivity index is 1.96. The van der Waals surface area contributed by atoms with Crippen LogP contribution in [-0.2, 0) is 4.74 Å². The van der Waals surface area contributed by atoms with E-state index < -0.39 is 5.97 Å². The van der Waals surface area contributed by atoms with E-state index in [0.29, 0.717) is 11.1 Å². The Labute approximate surface area is 131 Å².